The van der Waals surface area contributed by atoms with Gasteiger partial charge in [-0.25, -0.2) is 4.79 Å². The maximum atomic E-state index is 12.0. The van der Waals surface area contributed by atoms with Crippen LogP contribution >= 0.6 is 0 Å². The molecule has 3 rings (SSSR count). The molecule has 5 heteroatoms. The van der Waals surface area contributed by atoms with E-state index in [1.807, 2.05) is 12.1 Å². The minimum Gasteiger partial charge on any atom is -0.371 e. The zero-order valence-electron chi connectivity index (χ0n) is 13.8. The largest absolute Gasteiger partial charge is 0.371 e. The predicted octanol–water partition coefficient (Wildman–Crippen LogP) is 3.15. The van der Waals surface area contributed by atoms with Crippen molar-refractivity contribution in [3.63, 3.8) is 0 Å². The Kier molecular flexibility index (Phi) is 4.84. The van der Waals surface area contributed by atoms with Gasteiger partial charge in [0.2, 0.25) is 5.91 Å². The van der Waals surface area contributed by atoms with Crippen LogP contribution in [0, 0.1) is 5.92 Å². The summed E-state index contributed by atoms with van der Waals surface area (Å²) in [6, 6.07) is 7.78. The number of hydrogen-bond donors (Lipinski definition) is 1. The molecule has 2 saturated heterocycles. The number of urea groups is 1. The zero-order valence-corrected chi connectivity index (χ0v) is 13.8. The van der Waals surface area contributed by atoms with Crippen molar-refractivity contribution >= 4 is 23.3 Å². The van der Waals surface area contributed by atoms with Crippen molar-refractivity contribution < 1.29 is 9.59 Å². The monoisotopic (exact) mass is 315 g/mol. The summed E-state index contributed by atoms with van der Waals surface area (Å²) in [6.07, 6.45) is 5.45. The molecule has 2 fully saturated rings. The van der Waals surface area contributed by atoms with Crippen molar-refractivity contribution in [1.29, 1.82) is 0 Å². The Morgan fingerprint density at radius 3 is 2.57 bits per heavy atom. The van der Waals surface area contributed by atoms with E-state index in [4.69, 9.17) is 0 Å². The van der Waals surface area contributed by atoms with Gasteiger partial charge >= 0.3 is 6.03 Å². The fourth-order valence-corrected chi connectivity index (χ4v) is 3.56. The van der Waals surface area contributed by atoms with Gasteiger partial charge in [0.15, 0.2) is 0 Å². The number of anilines is 2. The van der Waals surface area contributed by atoms with Crippen molar-refractivity contribution in [2.45, 2.75) is 39.0 Å². The molecule has 0 spiro atoms. The van der Waals surface area contributed by atoms with Crippen LogP contribution in [0.15, 0.2) is 24.3 Å². The minimum atomic E-state index is -0.319. The molecule has 0 aromatic heterocycles. The molecule has 1 N–H and O–H groups in total. The molecule has 0 radical (unpaired) electrons. The standard InChI is InChI=1S/C18H25N3O2/c1-2-4-14-7-10-20(11-8-14)15-5-3-6-16(13-15)21-12-9-17(22)19-18(21)23/h3,5-6,13-14H,2,4,7-12H2,1H3,(H,19,22,23). The second-order valence-electron chi connectivity index (χ2n) is 6.49. The maximum absolute atomic E-state index is 12.0. The van der Waals surface area contributed by atoms with Gasteiger partial charge in [0.25, 0.3) is 0 Å². The number of carbonyl (C=O) groups is 2. The van der Waals surface area contributed by atoms with Crippen molar-refractivity contribution in [2.75, 3.05) is 29.4 Å². The summed E-state index contributed by atoms with van der Waals surface area (Å²) in [4.78, 5) is 27.3. The van der Waals surface area contributed by atoms with Crippen LogP contribution in [0.25, 0.3) is 0 Å². The van der Waals surface area contributed by atoms with Crippen molar-refractivity contribution in [3.05, 3.63) is 24.3 Å². The van der Waals surface area contributed by atoms with Gasteiger partial charge in [0, 0.05) is 37.4 Å². The minimum absolute atomic E-state index is 0.194. The molecule has 1 aromatic carbocycles. The number of nitrogens with zero attached hydrogens (tertiary/aromatic N) is 2. The average molecular weight is 315 g/mol. The Hall–Kier alpha value is -2.04. The molecule has 0 atom stereocenters. The van der Waals surface area contributed by atoms with Crippen LogP contribution in [0.2, 0.25) is 0 Å². The lowest BCUT2D eigenvalue weighted by Crippen LogP contribution is -2.49. The molecule has 1 aromatic rings. The van der Waals surface area contributed by atoms with E-state index in [2.05, 4.69) is 29.3 Å². The zero-order chi connectivity index (χ0) is 16.2. The SMILES string of the molecule is CCCC1CCN(c2cccc(N3CCC(=O)NC3=O)c2)CC1. The van der Waals surface area contributed by atoms with Crippen molar-refractivity contribution in [3.8, 4) is 0 Å². The van der Waals surface area contributed by atoms with Crippen LogP contribution in [-0.4, -0.2) is 31.6 Å². The number of benzene rings is 1. The number of hydrogen-bond acceptors (Lipinski definition) is 3. The molecule has 5 nitrogen and oxygen atoms in total. The summed E-state index contributed by atoms with van der Waals surface area (Å²) in [5, 5.41) is 2.38. The fraction of sp³-hybridized carbons (Fsp3) is 0.556. The summed E-state index contributed by atoms with van der Waals surface area (Å²) in [5.41, 5.74) is 2.03. The summed E-state index contributed by atoms with van der Waals surface area (Å²) >= 11 is 0. The highest BCUT2D eigenvalue weighted by Gasteiger charge is 2.25. The Labute approximate surface area is 137 Å². The first kappa shape index (κ1) is 15.8. The number of piperidine rings is 1. The number of imide groups is 1. The normalized spacial score (nSPS) is 19.9. The van der Waals surface area contributed by atoms with Gasteiger partial charge in [-0.2, -0.15) is 0 Å². The van der Waals surface area contributed by atoms with Crippen LogP contribution in [0.3, 0.4) is 0 Å². The third kappa shape index (κ3) is 3.66. The molecule has 0 bridgehead atoms. The molecule has 0 aliphatic carbocycles. The van der Waals surface area contributed by atoms with Crippen molar-refractivity contribution in [2.24, 2.45) is 5.92 Å². The highest BCUT2D eigenvalue weighted by atomic mass is 16.2. The topological polar surface area (TPSA) is 52.6 Å². The number of amides is 3. The first-order valence-electron chi connectivity index (χ1n) is 8.63. The average Bonchev–Trinajstić information content (AvgIpc) is 2.56. The molecule has 2 aliphatic heterocycles. The van der Waals surface area contributed by atoms with Crippen LogP contribution < -0.4 is 15.1 Å². The second kappa shape index (κ2) is 7.02. The van der Waals surface area contributed by atoms with Crippen molar-refractivity contribution in [1.82, 2.24) is 5.32 Å². The van der Waals surface area contributed by atoms with E-state index in [-0.39, 0.29) is 11.9 Å². The molecule has 3 amide bonds. The first-order valence-corrected chi connectivity index (χ1v) is 8.63. The van der Waals surface area contributed by atoms with Crippen LogP contribution in [0.5, 0.6) is 0 Å². The van der Waals surface area contributed by atoms with E-state index < -0.39 is 0 Å². The number of rotatable bonds is 4. The summed E-state index contributed by atoms with van der Waals surface area (Å²) < 4.78 is 0. The molecule has 23 heavy (non-hydrogen) atoms. The summed E-state index contributed by atoms with van der Waals surface area (Å²) in [6.45, 7) is 4.87. The van der Waals surface area contributed by atoms with E-state index in [9.17, 15) is 9.59 Å². The highest BCUT2D eigenvalue weighted by Crippen LogP contribution is 2.29. The molecule has 2 heterocycles. The smallest absolute Gasteiger partial charge is 0.328 e. The van der Waals surface area contributed by atoms with Gasteiger partial charge < -0.3 is 4.90 Å². The quantitative estimate of drug-likeness (QED) is 0.928. The molecule has 0 saturated carbocycles. The van der Waals surface area contributed by atoms with Crippen LogP contribution in [-0.2, 0) is 4.79 Å². The van der Waals surface area contributed by atoms with E-state index in [1.54, 1.807) is 4.90 Å². The molecular weight excluding hydrogens is 290 g/mol. The molecular formula is C18H25N3O2. The van der Waals surface area contributed by atoms with Gasteiger partial charge in [0.05, 0.1) is 0 Å². The lowest BCUT2D eigenvalue weighted by atomic mass is 9.92. The lowest BCUT2D eigenvalue weighted by molar-refractivity contribution is -0.120. The summed E-state index contributed by atoms with van der Waals surface area (Å²) in [7, 11) is 0. The fourth-order valence-electron chi connectivity index (χ4n) is 3.56. The van der Waals surface area contributed by atoms with Gasteiger partial charge in [-0.05, 0) is 37.0 Å². The molecule has 0 unspecified atom stereocenters. The second-order valence-corrected chi connectivity index (χ2v) is 6.49. The lowest BCUT2D eigenvalue weighted by Gasteiger charge is -2.34. The number of carbonyl (C=O) groups excluding carboxylic acids is 2. The van der Waals surface area contributed by atoms with E-state index >= 15 is 0 Å². The highest BCUT2D eigenvalue weighted by molar-refractivity contribution is 6.05. The van der Waals surface area contributed by atoms with E-state index in [0.717, 1.165) is 24.7 Å². The van der Waals surface area contributed by atoms with Crippen LogP contribution in [0.1, 0.15) is 39.0 Å². The molecule has 2 aliphatic rings. The van der Waals surface area contributed by atoms with Gasteiger partial charge in [-0.15, -0.1) is 0 Å². The number of nitrogens with one attached hydrogen (secondary N) is 1. The van der Waals surface area contributed by atoms with E-state index in [1.165, 1.54) is 31.4 Å². The predicted molar refractivity (Wildman–Crippen MR) is 91.8 cm³/mol. The Bertz CT molecular complexity index is 579. The van der Waals surface area contributed by atoms with E-state index in [0.29, 0.717) is 13.0 Å². The van der Waals surface area contributed by atoms with Gasteiger partial charge in [-0.3, -0.25) is 15.0 Å². The molecule has 124 valence electrons. The van der Waals surface area contributed by atoms with Crippen LogP contribution in [0.4, 0.5) is 16.2 Å². The first-order chi connectivity index (χ1) is 11.2. The Balaban J connectivity index is 1.68. The van der Waals surface area contributed by atoms with Gasteiger partial charge in [-0.1, -0.05) is 25.8 Å². The summed E-state index contributed by atoms with van der Waals surface area (Å²) in [5.74, 6) is 0.665. The maximum Gasteiger partial charge on any atom is 0.328 e. The van der Waals surface area contributed by atoms with Gasteiger partial charge in [0.1, 0.15) is 0 Å². The Morgan fingerprint density at radius 2 is 1.87 bits per heavy atom. The Morgan fingerprint density at radius 1 is 1.13 bits per heavy atom. The third-order valence-electron chi connectivity index (χ3n) is 4.87. The third-order valence-corrected chi connectivity index (χ3v) is 4.87.